The van der Waals surface area contributed by atoms with Crippen molar-refractivity contribution in [2.45, 2.75) is 81.5 Å². The average molecular weight is 640 g/mol. The molecule has 3 aliphatic rings. The lowest BCUT2D eigenvalue weighted by Gasteiger charge is -2.58. The van der Waals surface area contributed by atoms with Gasteiger partial charge in [0.2, 0.25) is 6.10 Å². The van der Waals surface area contributed by atoms with Crippen LogP contribution in [-0.2, 0) is 38.8 Å². The van der Waals surface area contributed by atoms with Gasteiger partial charge in [-0.05, 0) is 58.5 Å². The molecule has 2 heterocycles. The van der Waals surface area contributed by atoms with Gasteiger partial charge in [-0.3, -0.25) is 4.79 Å². The second-order valence-electron chi connectivity index (χ2n) is 12.1. The van der Waals surface area contributed by atoms with Gasteiger partial charge < -0.3 is 44.3 Å². The Morgan fingerprint density at radius 3 is 2.46 bits per heavy atom. The first-order chi connectivity index (χ1) is 21.7. The van der Waals surface area contributed by atoms with Gasteiger partial charge in [0.1, 0.15) is 5.76 Å². The Kier molecular flexibility index (Phi) is 8.86. The van der Waals surface area contributed by atoms with Crippen LogP contribution in [-0.4, -0.2) is 92.8 Å². The van der Waals surface area contributed by atoms with Crippen molar-refractivity contribution >= 4 is 23.9 Å². The van der Waals surface area contributed by atoms with Gasteiger partial charge in [-0.2, -0.15) is 0 Å². The van der Waals surface area contributed by atoms with E-state index in [-0.39, 0.29) is 35.3 Å². The van der Waals surface area contributed by atoms with Gasteiger partial charge in [0.15, 0.2) is 29.8 Å². The number of hydrogen-bond donors (Lipinski definition) is 4. The third kappa shape index (κ3) is 5.48. The number of carboxylic acid groups (broad SMARTS) is 1. The topological polar surface area (TPSA) is 189 Å². The molecule has 1 saturated heterocycles. The Morgan fingerprint density at radius 1 is 1.09 bits per heavy atom. The number of likely N-dealkylation sites (tertiary alicyclic amines) is 1. The monoisotopic (exact) mass is 639 g/mol. The van der Waals surface area contributed by atoms with E-state index in [0.29, 0.717) is 18.5 Å². The summed E-state index contributed by atoms with van der Waals surface area (Å²) in [6.45, 7) is 5.48. The highest BCUT2D eigenvalue weighted by molar-refractivity contribution is 5.86. The highest BCUT2D eigenvalue weighted by Gasteiger charge is 2.69. The number of fused-ring (bicyclic) bond motifs is 1. The second-order valence-corrected chi connectivity index (χ2v) is 12.1. The largest absolute Gasteiger partial charge is 0.504 e. The fourth-order valence-electron chi connectivity index (χ4n) is 6.82. The molecule has 1 spiro atoms. The number of hydrogen-bond acceptors (Lipinski definition) is 12. The fourth-order valence-corrected chi connectivity index (χ4v) is 6.82. The summed E-state index contributed by atoms with van der Waals surface area (Å²) in [6.07, 6.45) is -5.05. The Hall–Kier alpha value is -4.46. The van der Waals surface area contributed by atoms with E-state index in [1.54, 1.807) is 30.3 Å². The number of aliphatic hydroxyl groups is 2. The first-order valence-electron chi connectivity index (χ1n) is 14.9. The molecular formula is C33H37NO12. The summed E-state index contributed by atoms with van der Waals surface area (Å²) in [5, 5.41) is 42.9. The standard InChI is InChI=1S/C33H37NO12/c1-17-10-11-21(35)27-25(17)32-14-15-34(4)19(3)33(32,42)13-12-23(28(32)45-27)44-24(37)16-22(36)31(41)43-18(2)30(40)46-26(29(38)39)20-8-6-5-7-9-20/h5-12,18-19,22,26,28,35-36,42H,13-16H2,1-4H3,(H,38,39)/t18-,19+,22-,26-,28-,32-,33+/m0/s1. The van der Waals surface area contributed by atoms with Gasteiger partial charge in [0.05, 0.1) is 17.4 Å². The summed E-state index contributed by atoms with van der Waals surface area (Å²) < 4.78 is 21.8. The molecule has 13 nitrogen and oxygen atoms in total. The minimum Gasteiger partial charge on any atom is -0.504 e. The molecule has 1 aliphatic carbocycles. The zero-order valence-electron chi connectivity index (χ0n) is 25.8. The van der Waals surface area contributed by atoms with Crippen LogP contribution in [0.1, 0.15) is 55.9 Å². The molecule has 246 valence electrons. The number of nitrogens with zero attached hydrogens (tertiary/aromatic N) is 1. The first-order valence-corrected chi connectivity index (χ1v) is 14.9. The highest BCUT2D eigenvalue weighted by Crippen LogP contribution is 2.62. The summed E-state index contributed by atoms with van der Waals surface area (Å²) >= 11 is 0. The van der Waals surface area contributed by atoms with Gasteiger partial charge in [-0.15, -0.1) is 0 Å². The molecule has 7 atom stereocenters. The number of phenolic OH excluding ortho intramolecular Hbond substituents is 1. The van der Waals surface area contributed by atoms with Crippen LogP contribution in [0.2, 0.25) is 0 Å². The normalized spacial score (nSPS) is 27.0. The molecule has 0 bridgehead atoms. The maximum atomic E-state index is 13.0. The van der Waals surface area contributed by atoms with Gasteiger partial charge in [-0.1, -0.05) is 36.4 Å². The molecular weight excluding hydrogens is 602 g/mol. The minimum absolute atomic E-state index is 0.0690. The van der Waals surface area contributed by atoms with E-state index in [9.17, 15) is 39.6 Å². The fraction of sp³-hybridized carbons (Fsp3) is 0.455. The van der Waals surface area contributed by atoms with Crippen molar-refractivity contribution in [1.29, 1.82) is 0 Å². The number of rotatable bonds is 9. The number of phenols is 1. The summed E-state index contributed by atoms with van der Waals surface area (Å²) in [7, 11) is 1.91. The van der Waals surface area contributed by atoms with Crippen LogP contribution in [0.25, 0.3) is 0 Å². The number of carbonyl (C=O) groups is 4. The maximum Gasteiger partial charge on any atom is 0.349 e. The van der Waals surface area contributed by atoms with Crippen molar-refractivity contribution in [3.05, 3.63) is 71.0 Å². The van der Waals surface area contributed by atoms with Gasteiger partial charge in [0.25, 0.3) is 0 Å². The quantitative estimate of drug-likeness (QED) is 0.231. The number of piperidine rings is 1. The molecule has 1 fully saturated rings. The number of esters is 3. The zero-order chi connectivity index (χ0) is 33.6. The Bertz CT molecular complexity index is 1570. The van der Waals surface area contributed by atoms with Crippen molar-refractivity contribution in [1.82, 2.24) is 4.90 Å². The molecule has 4 N–H and O–H groups in total. The van der Waals surface area contributed by atoms with E-state index in [4.69, 9.17) is 18.9 Å². The summed E-state index contributed by atoms with van der Waals surface area (Å²) in [4.78, 5) is 51.8. The predicted octanol–water partition coefficient (Wildman–Crippen LogP) is 2.04. The molecule has 13 heteroatoms. The van der Waals surface area contributed by atoms with Crippen LogP contribution >= 0.6 is 0 Å². The Labute approximate surface area is 264 Å². The van der Waals surface area contributed by atoms with Gasteiger partial charge in [0, 0.05) is 23.6 Å². The number of aliphatic carboxylic acids is 1. The van der Waals surface area contributed by atoms with Crippen LogP contribution in [0.4, 0.5) is 0 Å². The molecule has 0 unspecified atom stereocenters. The number of aryl methyl sites for hydroxylation is 1. The summed E-state index contributed by atoms with van der Waals surface area (Å²) in [6, 6.07) is 10.6. The highest BCUT2D eigenvalue weighted by atomic mass is 16.6. The van der Waals surface area contributed by atoms with Crippen LogP contribution in [0.5, 0.6) is 11.5 Å². The number of benzene rings is 2. The van der Waals surface area contributed by atoms with Crippen LogP contribution in [0.3, 0.4) is 0 Å². The van der Waals surface area contributed by atoms with E-state index in [2.05, 4.69) is 0 Å². The number of likely N-dealkylation sites (N-methyl/N-ethyl adjacent to an activating group) is 1. The lowest BCUT2D eigenvalue weighted by atomic mass is 9.54. The number of ether oxygens (including phenoxy) is 4. The first kappa shape index (κ1) is 32.9. The Morgan fingerprint density at radius 2 is 1.78 bits per heavy atom. The number of carboxylic acids is 1. The zero-order valence-corrected chi connectivity index (χ0v) is 25.8. The third-order valence-corrected chi connectivity index (χ3v) is 9.38. The van der Waals surface area contributed by atoms with Gasteiger partial charge in [-0.25, -0.2) is 14.4 Å². The van der Waals surface area contributed by atoms with Crippen molar-refractivity contribution in [2.75, 3.05) is 13.6 Å². The Balaban J connectivity index is 1.27. The van der Waals surface area contributed by atoms with Crippen molar-refractivity contribution in [3.63, 3.8) is 0 Å². The van der Waals surface area contributed by atoms with Crippen LogP contribution < -0.4 is 4.74 Å². The van der Waals surface area contributed by atoms with Crippen molar-refractivity contribution in [3.8, 4) is 11.5 Å². The van der Waals surface area contributed by atoms with E-state index in [1.165, 1.54) is 18.2 Å². The molecule has 5 rings (SSSR count). The third-order valence-electron chi connectivity index (χ3n) is 9.38. The number of aliphatic hydroxyl groups excluding tert-OH is 1. The number of aromatic hydroxyl groups is 1. The van der Waals surface area contributed by atoms with Gasteiger partial charge >= 0.3 is 23.9 Å². The maximum absolute atomic E-state index is 13.0. The van der Waals surface area contributed by atoms with Crippen molar-refractivity contribution < 1.29 is 58.6 Å². The SMILES string of the molecule is Cc1ccc(O)c2c1[C@]13CCN(C)[C@H](C)[C@]1(O)CC=C(OC(=O)C[C@H](O)C(=O)O[C@@H](C)C(=O)O[C@H](C(=O)O)c1ccccc1)[C@@H]3O2. The molecule has 2 aromatic rings. The van der Waals surface area contributed by atoms with Crippen LogP contribution in [0, 0.1) is 6.92 Å². The van der Waals surface area contributed by atoms with E-state index in [0.717, 1.165) is 12.5 Å². The molecule has 2 aliphatic heterocycles. The lowest BCUT2D eigenvalue weighted by Crippen LogP contribution is -2.71. The van der Waals surface area contributed by atoms with E-state index in [1.807, 2.05) is 25.8 Å². The predicted molar refractivity (Wildman–Crippen MR) is 158 cm³/mol. The molecule has 0 amide bonds. The second kappa shape index (κ2) is 12.4. The summed E-state index contributed by atoms with van der Waals surface area (Å²) in [5.74, 6) is -4.80. The summed E-state index contributed by atoms with van der Waals surface area (Å²) in [5.41, 5.74) is -0.789. The smallest absolute Gasteiger partial charge is 0.349 e. The van der Waals surface area contributed by atoms with Crippen molar-refractivity contribution in [2.24, 2.45) is 0 Å². The lowest BCUT2D eigenvalue weighted by molar-refractivity contribution is -0.180. The average Bonchev–Trinajstić information content (AvgIpc) is 3.39. The number of carbonyl (C=O) groups excluding carboxylic acids is 3. The minimum atomic E-state index is -2.03. The molecule has 2 aromatic carbocycles. The van der Waals surface area contributed by atoms with E-state index < -0.39 is 65.7 Å². The van der Waals surface area contributed by atoms with E-state index >= 15 is 0 Å². The molecule has 0 aromatic heterocycles. The molecule has 0 radical (unpaired) electrons. The molecule has 0 saturated carbocycles. The molecule has 46 heavy (non-hydrogen) atoms. The van der Waals surface area contributed by atoms with Crippen LogP contribution in [0.15, 0.2) is 54.3 Å².